The molecule has 0 aliphatic carbocycles. The Hall–Kier alpha value is -1.07. The highest BCUT2D eigenvalue weighted by Gasteiger charge is 2.23. The Bertz CT molecular complexity index is 584. The van der Waals surface area contributed by atoms with Gasteiger partial charge >= 0.3 is 0 Å². The van der Waals surface area contributed by atoms with Gasteiger partial charge in [0.1, 0.15) is 0 Å². The molecule has 0 N–H and O–H groups in total. The zero-order valence-electron chi connectivity index (χ0n) is 12.1. The molecule has 6 heteroatoms. The molecule has 0 radical (unpaired) electrons. The highest BCUT2D eigenvalue weighted by Crippen LogP contribution is 2.27. The van der Waals surface area contributed by atoms with Gasteiger partial charge in [-0.05, 0) is 31.4 Å². The van der Waals surface area contributed by atoms with Gasteiger partial charge in [-0.15, -0.1) is 0 Å². The van der Waals surface area contributed by atoms with Crippen molar-refractivity contribution in [3.8, 4) is 0 Å². The van der Waals surface area contributed by atoms with E-state index in [2.05, 4.69) is 4.98 Å². The van der Waals surface area contributed by atoms with Gasteiger partial charge in [0.2, 0.25) is 0 Å². The van der Waals surface area contributed by atoms with E-state index in [9.17, 15) is 0 Å². The van der Waals surface area contributed by atoms with Crippen LogP contribution in [0.25, 0.3) is 0 Å². The monoisotopic (exact) mass is 340 g/mol. The van der Waals surface area contributed by atoms with E-state index in [-0.39, 0.29) is 12.4 Å². The minimum absolute atomic E-state index is 0.148. The fourth-order valence-corrected chi connectivity index (χ4v) is 3.10. The van der Waals surface area contributed by atoms with E-state index in [0.717, 1.165) is 31.4 Å². The van der Waals surface area contributed by atoms with Crippen molar-refractivity contribution in [2.24, 2.45) is 0 Å². The Balaban J connectivity index is 1.54. The van der Waals surface area contributed by atoms with Crippen LogP contribution in [0, 0.1) is 0 Å². The standard InChI is InChI=1S/C16H18Cl2N2O2/c17-14-4-2-5-15(18)13(14)10-21-16-6-1-3-12(22-16)9-20-8-7-19-11-20/h2,4-5,7-8,11-12,16H,1,3,6,9-10H2. The van der Waals surface area contributed by atoms with E-state index in [1.54, 1.807) is 12.5 Å². The molecule has 1 aromatic heterocycles. The van der Waals surface area contributed by atoms with E-state index in [1.807, 2.05) is 29.0 Å². The number of halogens is 2. The molecule has 2 aromatic rings. The van der Waals surface area contributed by atoms with Crippen molar-refractivity contribution in [2.75, 3.05) is 0 Å². The van der Waals surface area contributed by atoms with Crippen LogP contribution in [-0.4, -0.2) is 21.9 Å². The molecule has 2 unspecified atom stereocenters. The van der Waals surface area contributed by atoms with Crippen molar-refractivity contribution < 1.29 is 9.47 Å². The SMILES string of the molecule is Clc1cccc(Cl)c1COC1CCCC(Cn2ccnc2)O1. The molecular weight excluding hydrogens is 323 g/mol. The van der Waals surface area contributed by atoms with E-state index >= 15 is 0 Å². The maximum Gasteiger partial charge on any atom is 0.158 e. The highest BCUT2D eigenvalue weighted by molar-refractivity contribution is 6.35. The molecule has 0 spiro atoms. The minimum Gasteiger partial charge on any atom is -0.348 e. The quantitative estimate of drug-likeness (QED) is 0.813. The maximum atomic E-state index is 6.16. The molecule has 0 saturated carbocycles. The fourth-order valence-electron chi connectivity index (χ4n) is 2.60. The topological polar surface area (TPSA) is 36.3 Å². The molecule has 1 fully saturated rings. The predicted octanol–water partition coefficient (Wildman–Crippen LogP) is 4.30. The molecular formula is C16H18Cl2N2O2. The molecule has 2 heterocycles. The van der Waals surface area contributed by atoms with Crippen molar-refractivity contribution >= 4 is 23.2 Å². The third kappa shape index (κ3) is 4.02. The molecule has 2 atom stereocenters. The second kappa shape index (κ2) is 7.47. The molecule has 1 saturated heterocycles. The number of nitrogens with zero attached hydrogens (tertiary/aromatic N) is 2. The lowest BCUT2D eigenvalue weighted by atomic mass is 10.1. The Morgan fingerprint density at radius 1 is 1.27 bits per heavy atom. The summed E-state index contributed by atoms with van der Waals surface area (Å²) in [6.07, 6.45) is 8.46. The van der Waals surface area contributed by atoms with Crippen LogP contribution in [0.1, 0.15) is 24.8 Å². The van der Waals surface area contributed by atoms with Gasteiger partial charge in [-0.1, -0.05) is 29.3 Å². The van der Waals surface area contributed by atoms with Crippen LogP contribution in [0.15, 0.2) is 36.9 Å². The average molecular weight is 341 g/mol. The third-order valence-corrected chi connectivity index (χ3v) is 4.47. The van der Waals surface area contributed by atoms with Crippen LogP contribution in [-0.2, 0) is 22.6 Å². The molecule has 1 aromatic carbocycles. The van der Waals surface area contributed by atoms with Gasteiger partial charge in [0.05, 0.1) is 19.0 Å². The number of benzene rings is 1. The summed E-state index contributed by atoms with van der Waals surface area (Å²) in [5, 5.41) is 1.25. The second-order valence-corrected chi connectivity index (χ2v) is 6.20. The maximum absolute atomic E-state index is 6.16. The fraction of sp³-hybridized carbons (Fsp3) is 0.438. The van der Waals surface area contributed by atoms with E-state index in [1.165, 1.54) is 0 Å². The van der Waals surface area contributed by atoms with Crippen LogP contribution < -0.4 is 0 Å². The van der Waals surface area contributed by atoms with Crippen LogP contribution in [0.4, 0.5) is 0 Å². The summed E-state index contributed by atoms with van der Waals surface area (Å²) in [6.45, 7) is 1.16. The lowest BCUT2D eigenvalue weighted by Crippen LogP contribution is -2.32. The first-order valence-corrected chi connectivity index (χ1v) is 8.13. The molecule has 1 aliphatic heterocycles. The summed E-state index contributed by atoms with van der Waals surface area (Å²) in [6, 6.07) is 5.46. The van der Waals surface area contributed by atoms with Crippen molar-refractivity contribution in [2.45, 2.75) is 44.8 Å². The molecule has 22 heavy (non-hydrogen) atoms. The number of aromatic nitrogens is 2. The zero-order chi connectivity index (χ0) is 15.4. The van der Waals surface area contributed by atoms with Crippen LogP contribution in [0.3, 0.4) is 0 Å². The van der Waals surface area contributed by atoms with Crippen molar-refractivity contribution in [3.05, 3.63) is 52.5 Å². The predicted molar refractivity (Wildman–Crippen MR) is 86.0 cm³/mol. The van der Waals surface area contributed by atoms with Gasteiger partial charge in [0.15, 0.2) is 6.29 Å². The van der Waals surface area contributed by atoms with Gasteiger partial charge in [0.25, 0.3) is 0 Å². The van der Waals surface area contributed by atoms with Gasteiger partial charge < -0.3 is 14.0 Å². The number of ether oxygens (including phenoxy) is 2. The molecule has 0 bridgehead atoms. The first-order valence-electron chi connectivity index (χ1n) is 7.38. The minimum atomic E-state index is -0.213. The summed E-state index contributed by atoms with van der Waals surface area (Å²) in [7, 11) is 0. The number of hydrogen-bond donors (Lipinski definition) is 0. The molecule has 3 rings (SSSR count). The second-order valence-electron chi connectivity index (χ2n) is 5.39. The van der Waals surface area contributed by atoms with Gasteiger partial charge in [-0.3, -0.25) is 0 Å². The summed E-state index contributed by atoms with van der Waals surface area (Å²) in [5.74, 6) is 0. The molecule has 4 nitrogen and oxygen atoms in total. The molecule has 0 amide bonds. The van der Waals surface area contributed by atoms with Crippen molar-refractivity contribution in [1.29, 1.82) is 0 Å². The number of imidazole rings is 1. The zero-order valence-corrected chi connectivity index (χ0v) is 13.6. The van der Waals surface area contributed by atoms with E-state index in [0.29, 0.717) is 16.7 Å². The smallest absolute Gasteiger partial charge is 0.158 e. The Morgan fingerprint density at radius 2 is 2.09 bits per heavy atom. The van der Waals surface area contributed by atoms with Gasteiger partial charge in [-0.25, -0.2) is 4.98 Å². The Kier molecular flexibility index (Phi) is 5.37. The van der Waals surface area contributed by atoms with Crippen molar-refractivity contribution in [1.82, 2.24) is 9.55 Å². The highest BCUT2D eigenvalue weighted by atomic mass is 35.5. The first kappa shape index (κ1) is 15.8. The lowest BCUT2D eigenvalue weighted by Gasteiger charge is -2.30. The lowest BCUT2D eigenvalue weighted by molar-refractivity contribution is -0.201. The molecule has 1 aliphatic rings. The summed E-state index contributed by atoms with van der Waals surface area (Å²) >= 11 is 12.3. The Morgan fingerprint density at radius 3 is 2.82 bits per heavy atom. The summed E-state index contributed by atoms with van der Waals surface area (Å²) in [5.41, 5.74) is 0.811. The number of hydrogen-bond acceptors (Lipinski definition) is 3. The van der Waals surface area contributed by atoms with Crippen LogP contribution in [0.2, 0.25) is 10.0 Å². The number of rotatable bonds is 5. The van der Waals surface area contributed by atoms with Gasteiger partial charge in [0, 0.05) is 34.5 Å². The first-order chi connectivity index (χ1) is 10.7. The van der Waals surface area contributed by atoms with E-state index in [4.69, 9.17) is 32.7 Å². The summed E-state index contributed by atoms with van der Waals surface area (Å²) in [4.78, 5) is 4.05. The average Bonchev–Trinajstić information content (AvgIpc) is 3.00. The van der Waals surface area contributed by atoms with Crippen molar-refractivity contribution in [3.63, 3.8) is 0 Å². The normalized spacial score (nSPS) is 21.9. The third-order valence-electron chi connectivity index (χ3n) is 3.76. The van der Waals surface area contributed by atoms with Gasteiger partial charge in [-0.2, -0.15) is 0 Å². The van der Waals surface area contributed by atoms with E-state index < -0.39 is 0 Å². The van der Waals surface area contributed by atoms with Crippen LogP contribution >= 0.6 is 23.2 Å². The van der Waals surface area contributed by atoms with Crippen LogP contribution in [0.5, 0.6) is 0 Å². The largest absolute Gasteiger partial charge is 0.348 e. The summed E-state index contributed by atoms with van der Waals surface area (Å²) < 4.78 is 13.9. The molecule has 118 valence electrons. The Labute approximate surface area is 140 Å².